The summed E-state index contributed by atoms with van der Waals surface area (Å²) in [6.07, 6.45) is 2.30. The Morgan fingerprint density at radius 2 is 2.11 bits per heavy atom. The average molecular weight is 369 g/mol. The summed E-state index contributed by atoms with van der Waals surface area (Å²) < 4.78 is 6.94. The monoisotopic (exact) mass is 369 g/mol. The smallest absolute Gasteiger partial charge is 0.258 e. The van der Waals surface area contributed by atoms with Gasteiger partial charge >= 0.3 is 0 Å². The Balaban J connectivity index is 1.83. The molecule has 0 spiro atoms. The maximum absolute atomic E-state index is 13.0. The normalized spacial score (nSPS) is 16.2. The molecule has 1 aromatic carbocycles. The SMILES string of the molecule is COCCn1nnnc1[C@@H](c1cc2ccc(C)cc2[nH]c1=O)[NH+]1CCCC1. The molecule has 2 aromatic heterocycles. The van der Waals surface area contributed by atoms with E-state index >= 15 is 0 Å². The Bertz CT molecular complexity index is 989. The van der Waals surface area contributed by atoms with Gasteiger partial charge in [0.1, 0.15) is 0 Å². The van der Waals surface area contributed by atoms with Crippen LogP contribution in [0.25, 0.3) is 10.9 Å². The summed E-state index contributed by atoms with van der Waals surface area (Å²) in [7, 11) is 1.66. The van der Waals surface area contributed by atoms with Gasteiger partial charge in [-0.05, 0) is 40.4 Å². The Hall–Kier alpha value is -2.58. The highest BCUT2D eigenvalue weighted by Crippen LogP contribution is 2.20. The van der Waals surface area contributed by atoms with Gasteiger partial charge in [-0.15, -0.1) is 5.10 Å². The van der Waals surface area contributed by atoms with Crippen molar-refractivity contribution in [3.8, 4) is 0 Å². The molecule has 0 amide bonds. The van der Waals surface area contributed by atoms with Crippen molar-refractivity contribution in [1.82, 2.24) is 25.2 Å². The standard InChI is InChI=1S/C19H24N6O2/c1-13-5-6-14-12-15(19(26)20-16(14)11-13)17(24-7-3-4-8-24)18-21-22-23-25(18)9-10-27-2/h5-6,11-12,17H,3-4,7-10H2,1-2H3,(H,20,26)/p+1/t17-/m1/s1. The molecule has 27 heavy (non-hydrogen) atoms. The van der Waals surface area contributed by atoms with Crippen LogP contribution in [0.3, 0.4) is 0 Å². The second-order valence-electron chi connectivity index (χ2n) is 7.20. The molecule has 3 heterocycles. The molecule has 0 aliphatic carbocycles. The van der Waals surface area contributed by atoms with Crippen LogP contribution in [0.15, 0.2) is 29.1 Å². The van der Waals surface area contributed by atoms with Crippen LogP contribution >= 0.6 is 0 Å². The zero-order valence-corrected chi connectivity index (χ0v) is 15.7. The number of ether oxygens (including phenoxy) is 1. The van der Waals surface area contributed by atoms with E-state index in [1.807, 2.05) is 25.1 Å². The molecule has 142 valence electrons. The number of nitrogens with one attached hydrogen (secondary N) is 2. The highest BCUT2D eigenvalue weighted by Gasteiger charge is 2.35. The highest BCUT2D eigenvalue weighted by atomic mass is 16.5. The molecule has 0 unspecified atom stereocenters. The van der Waals surface area contributed by atoms with E-state index in [1.54, 1.807) is 11.8 Å². The number of H-pyrrole nitrogens is 1. The van der Waals surface area contributed by atoms with E-state index in [1.165, 1.54) is 4.90 Å². The summed E-state index contributed by atoms with van der Waals surface area (Å²) >= 11 is 0. The van der Waals surface area contributed by atoms with Gasteiger partial charge < -0.3 is 14.6 Å². The summed E-state index contributed by atoms with van der Waals surface area (Å²) in [6.45, 7) is 5.12. The maximum Gasteiger partial charge on any atom is 0.258 e. The molecule has 1 fully saturated rings. The maximum atomic E-state index is 13.0. The van der Waals surface area contributed by atoms with E-state index in [0.29, 0.717) is 13.2 Å². The number of hydrogen-bond acceptors (Lipinski definition) is 5. The number of likely N-dealkylation sites (tertiary alicyclic amines) is 1. The van der Waals surface area contributed by atoms with Gasteiger partial charge in [0.25, 0.3) is 5.56 Å². The Kier molecular flexibility index (Phi) is 5.00. The fraction of sp³-hybridized carbons (Fsp3) is 0.474. The van der Waals surface area contributed by atoms with Gasteiger partial charge in [0.05, 0.1) is 31.8 Å². The van der Waals surface area contributed by atoms with E-state index in [2.05, 4.69) is 26.6 Å². The van der Waals surface area contributed by atoms with Crippen LogP contribution in [-0.2, 0) is 11.3 Å². The number of fused-ring (bicyclic) bond motifs is 1. The molecule has 2 N–H and O–H groups in total. The number of aromatic nitrogens is 5. The van der Waals surface area contributed by atoms with Crippen LogP contribution in [0.4, 0.5) is 0 Å². The number of methoxy groups -OCH3 is 1. The third-order valence-corrected chi connectivity index (χ3v) is 5.32. The van der Waals surface area contributed by atoms with Crippen molar-refractivity contribution in [2.75, 3.05) is 26.8 Å². The Morgan fingerprint density at radius 1 is 1.30 bits per heavy atom. The topological polar surface area (TPSA) is 90.1 Å². The Morgan fingerprint density at radius 3 is 2.89 bits per heavy atom. The lowest BCUT2D eigenvalue weighted by Gasteiger charge is -2.23. The van der Waals surface area contributed by atoms with Crippen LogP contribution in [0.1, 0.15) is 35.8 Å². The number of hydrogen-bond donors (Lipinski definition) is 2. The highest BCUT2D eigenvalue weighted by molar-refractivity contribution is 5.79. The summed E-state index contributed by atoms with van der Waals surface area (Å²) in [5.41, 5.74) is 2.63. The van der Waals surface area contributed by atoms with E-state index in [9.17, 15) is 4.79 Å². The van der Waals surface area contributed by atoms with Gasteiger partial charge in [-0.2, -0.15) is 0 Å². The van der Waals surface area contributed by atoms with Gasteiger partial charge in [-0.1, -0.05) is 12.1 Å². The van der Waals surface area contributed by atoms with Crippen LogP contribution in [0.2, 0.25) is 0 Å². The van der Waals surface area contributed by atoms with Crippen molar-refractivity contribution in [1.29, 1.82) is 0 Å². The first-order chi connectivity index (χ1) is 13.2. The summed E-state index contributed by atoms with van der Waals surface area (Å²) in [5.74, 6) is 0.723. The van der Waals surface area contributed by atoms with Crippen LogP contribution in [-0.4, -0.2) is 52.0 Å². The second kappa shape index (κ2) is 7.58. The molecule has 8 heteroatoms. The lowest BCUT2D eigenvalue weighted by atomic mass is 10.0. The average Bonchev–Trinajstić information content (AvgIpc) is 3.33. The molecular weight excluding hydrogens is 344 g/mol. The number of quaternary nitrogens is 1. The zero-order valence-electron chi connectivity index (χ0n) is 15.7. The number of benzene rings is 1. The second-order valence-corrected chi connectivity index (χ2v) is 7.20. The molecule has 4 rings (SSSR count). The van der Waals surface area contributed by atoms with Crippen molar-refractivity contribution in [2.45, 2.75) is 32.4 Å². The largest absolute Gasteiger partial charge is 0.383 e. The minimum Gasteiger partial charge on any atom is -0.383 e. The van der Waals surface area contributed by atoms with E-state index in [0.717, 1.165) is 53.8 Å². The predicted octanol–water partition coefficient (Wildman–Crippen LogP) is 0.238. The third-order valence-electron chi connectivity index (χ3n) is 5.32. The van der Waals surface area contributed by atoms with Crippen molar-refractivity contribution in [3.63, 3.8) is 0 Å². The minimum atomic E-state index is -0.186. The number of aryl methyl sites for hydroxylation is 1. The van der Waals surface area contributed by atoms with Gasteiger partial charge in [-0.3, -0.25) is 4.79 Å². The number of rotatable bonds is 6. The first-order valence-corrected chi connectivity index (χ1v) is 9.40. The summed E-state index contributed by atoms with van der Waals surface area (Å²) in [4.78, 5) is 17.4. The minimum absolute atomic E-state index is 0.0706. The molecule has 1 aliphatic rings. The Labute approximate surface area is 157 Å². The number of tetrazole rings is 1. The van der Waals surface area contributed by atoms with Gasteiger partial charge in [0.15, 0.2) is 6.04 Å². The first kappa shape index (κ1) is 17.8. The van der Waals surface area contributed by atoms with Crippen molar-refractivity contribution < 1.29 is 9.64 Å². The summed E-state index contributed by atoms with van der Waals surface area (Å²) in [6, 6.07) is 7.92. The lowest BCUT2D eigenvalue weighted by Crippen LogP contribution is -3.10. The fourth-order valence-electron chi connectivity index (χ4n) is 3.96. The van der Waals surface area contributed by atoms with Crippen LogP contribution < -0.4 is 10.5 Å². The van der Waals surface area contributed by atoms with Crippen molar-refractivity contribution in [2.24, 2.45) is 0 Å². The first-order valence-electron chi connectivity index (χ1n) is 9.40. The number of pyridine rings is 1. The predicted molar refractivity (Wildman–Crippen MR) is 101 cm³/mol. The summed E-state index contributed by atoms with van der Waals surface area (Å²) in [5, 5.41) is 13.3. The fourth-order valence-corrected chi connectivity index (χ4v) is 3.96. The number of nitrogens with zero attached hydrogens (tertiary/aromatic N) is 4. The zero-order chi connectivity index (χ0) is 18.8. The van der Waals surface area contributed by atoms with E-state index in [4.69, 9.17) is 4.74 Å². The van der Waals surface area contributed by atoms with Crippen LogP contribution in [0.5, 0.6) is 0 Å². The number of aromatic amines is 1. The third kappa shape index (κ3) is 3.50. The molecule has 3 aromatic rings. The lowest BCUT2D eigenvalue weighted by molar-refractivity contribution is -0.914. The molecule has 0 radical (unpaired) electrons. The molecular formula is C19H25N6O2+. The van der Waals surface area contributed by atoms with Gasteiger partial charge in [0.2, 0.25) is 5.82 Å². The van der Waals surface area contributed by atoms with Gasteiger partial charge in [0, 0.05) is 25.5 Å². The molecule has 1 saturated heterocycles. The quantitative estimate of drug-likeness (QED) is 0.650. The molecule has 1 atom stereocenters. The molecule has 0 saturated carbocycles. The molecule has 1 aliphatic heterocycles. The van der Waals surface area contributed by atoms with E-state index < -0.39 is 0 Å². The molecule has 0 bridgehead atoms. The van der Waals surface area contributed by atoms with E-state index in [-0.39, 0.29) is 11.6 Å². The molecule has 8 nitrogen and oxygen atoms in total. The van der Waals surface area contributed by atoms with Gasteiger partial charge in [-0.25, -0.2) is 4.68 Å². The van der Waals surface area contributed by atoms with Crippen LogP contribution in [0, 0.1) is 6.92 Å². The van der Waals surface area contributed by atoms with Crippen molar-refractivity contribution >= 4 is 10.9 Å². The van der Waals surface area contributed by atoms with Crippen molar-refractivity contribution in [3.05, 3.63) is 51.6 Å².